The molecule has 4 nitrogen and oxygen atoms in total. The first kappa shape index (κ1) is 14.5. The molecule has 0 aliphatic heterocycles. The van der Waals surface area contributed by atoms with Gasteiger partial charge in [-0.25, -0.2) is 0 Å². The number of hydrogen-bond acceptors (Lipinski definition) is 3. The summed E-state index contributed by atoms with van der Waals surface area (Å²) in [5.41, 5.74) is -0.976. The molecule has 0 bridgehead atoms. The van der Waals surface area contributed by atoms with Crippen molar-refractivity contribution in [3.63, 3.8) is 0 Å². The van der Waals surface area contributed by atoms with Crippen LogP contribution in [0.1, 0.15) is 53.4 Å². The first-order chi connectivity index (χ1) is 7.79. The molecule has 1 saturated carbocycles. The van der Waals surface area contributed by atoms with Gasteiger partial charge in [-0.1, -0.05) is 6.92 Å². The minimum atomic E-state index is -0.772. The molecule has 0 amide bonds. The Balaban J connectivity index is 2.62. The molecule has 100 valence electrons. The Morgan fingerprint density at radius 1 is 1.53 bits per heavy atom. The van der Waals surface area contributed by atoms with Crippen LogP contribution in [-0.2, 0) is 9.53 Å². The fourth-order valence-electron chi connectivity index (χ4n) is 2.40. The van der Waals surface area contributed by atoms with E-state index in [-0.39, 0.29) is 11.7 Å². The molecule has 1 aliphatic carbocycles. The van der Waals surface area contributed by atoms with Crippen LogP contribution < -0.4 is 5.32 Å². The van der Waals surface area contributed by atoms with Gasteiger partial charge in [-0.2, -0.15) is 0 Å². The summed E-state index contributed by atoms with van der Waals surface area (Å²) < 4.78 is 5.88. The van der Waals surface area contributed by atoms with Crippen LogP contribution in [0.5, 0.6) is 0 Å². The van der Waals surface area contributed by atoms with Crippen LogP contribution in [0, 0.1) is 0 Å². The summed E-state index contributed by atoms with van der Waals surface area (Å²) in [6, 6.07) is 0. The average molecular weight is 243 g/mol. The molecular formula is C13H25NO3. The number of carboxylic acids is 1. The normalized spacial score (nSPS) is 29.5. The molecule has 0 aromatic rings. The fraction of sp³-hybridized carbons (Fsp3) is 0.923. The van der Waals surface area contributed by atoms with Crippen molar-refractivity contribution in [3.8, 4) is 0 Å². The molecule has 1 fully saturated rings. The van der Waals surface area contributed by atoms with Gasteiger partial charge in [0, 0.05) is 6.42 Å². The van der Waals surface area contributed by atoms with Crippen molar-refractivity contribution in [1.82, 2.24) is 5.32 Å². The SMILES string of the molecule is CCCNC1(C(=O)O)CCC(OC(C)(C)C)C1. The molecule has 1 rings (SSSR count). The van der Waals surface area contributed by atoms with Gasteiger partial charge >= 0.3 is 5.97 Å². The number of ether oxygens (including phenoxy) is 1. The second kappa shape index (κ2) is 5.36. The first-order valence-electron chi connectivity index (χ1n) is 6.45. The molecule has 0 aromatic carbocycles. The topological polar surface area (TPSA) is 58.6 Å². The highest BCUT2D eigenvalue weighted by atomic mass is 16.5. The van der Waals surface area contributed by atoms with Crippen LogP contribution in [0.25, 0.3) is 0 Å². The molecule has 0 heterocycles. The average Bonchev–Trinajstić information content (AvgIpc) is 2.57. The molecule has 2 atom stereocenters. The molecule has 4 heteroatoms. The minimum absolute atomic E-state index is 0.0513. The Morgan fingerprint density at radius 2 is 2.18 bits per heavy atom. The van der Waals surface area contributed by atoms with E-state index < -0.39 is 11.5 Å². The number of hydrogen-bond donors (Lipinski definition) is 2. The van der Waals surface area contributed by atoms with Gasteiger partial charge in [-0.05, 0) is 46.6 Å². The number of carboxylic acid groups (broad SMARTS) is 1. The molecule has 0 aromatic heterocycles. The zero-order valence-corrected chi connectivity index (χ0v) is 11.4. The Hall–Kier alpha value is -0.610. The van der Waals surface area contributed by atoms with E-state index in [2.05, 4.69) is 5.32 Å². The zero-order chi connectivity index (χ0) is 13.1. The lowest BCUT2D eigenvalue weighted by Crippen LogP contribution is -2.51. The number of nitrogens with one attached hydrogen (secondary N) is 1. The number of aliphatic carboxylic acids is 1. The maximum Gasteiger partial charge on any atom is 0.323 e. The van der Waals surface area contributed by atoms with Crippen LogP contribution >= 0.6 is 0 Å². The van der Waals surface area contributed by atoms with Crippen molar-refractivity contribution < 1.29 is 14.6 Å². The van der Waals surface area contributed by atoms with Crippen molar-refractivity contribution in [2.75, 3.05) is 6.54 Å². The molecular weight excluding hydrogens is 218 g/mol. The summed E-state index contributed by atoms with van der Waals surface area (Å²) in [7, 11) is 0. The Morgan fingerprint density at radius 3 is 2.65 bits per heavy atom. The highest BCUT2D eigenvalue weighted by Gasteiger charge is 2.46. The largest absolute Gasteiger partial charge is 0.480 e. The first-order valence-corrected chi connectivity index (χ1v) is 6.45. The Bertz CT molecular complexity index is 272. The van der Waals surface area contributed by atoms with Crippen LogP contribution in [0.4, 0.5) is 0 Å². The molecule has 2 unspecified atom stereocenters. The Kier molecular flexibility index (Phi) is 4.55. The summed E-state index contributed by atoms with van der Waals surface area (Å²) in [4.78, 5) is 11.4. The van der Waals surface area contributed by atoms with E-state index in [4.69, 9.17) is 4.74 Å². The van der Waals surface area contributed by atoms with Crippen molar-refractivity contribution in [2.24, 2.45) is 0 Å². The smallest absolute Gasteiger partial charge is 0.323 e. The summed E-state index contributed by atoms with van der Waals surface area (Å²) in [6.45, 7) is 8.81. The van der Waals surface area contributed by atoms with Crippen molar-refractivity contribution in [1.29, 1.82) is 0 Å². The minimum Gasteiger partial charge on any atom is -0.480 e. The maximum absolute atomic E-state index is 11.4. The van der Waals surface area contributed by atoms with Crippen LogP contribution in [-0.4, -0.2) is 34.9 Å². The second-order valence-corrected chi connectivity index (χ2v) is 5.91. The summed E-state index contributed by atoms with van der Waals surface area (Å²) in [5, 5.41) is 12.6. The third-order valence-corrected chi connectivity index (χ3v) is 3.11. The van der Waals surface area contributed by atoms with Crippen LogP contribution in [0.3, 0.4) is 0 Å². The molecule has 2 N–H and O–H groups in total. The fourth-order valence-corrected chi connectivity index (χ4v) is 2.40. The molecule has 1 aliphatic rings. The third kappa shape index (κ3) is 3.96. The lowest BCUT2D eigenvalue weighted by molar-refractivity contribution is -0.145. The van der Waals surface area contributed by atoms with Crippen molar-refractivity contribution >= 4 is 5.97 Å². The van der Waals surface area contributed by atoms with Crippen LogP contribution in [0.15, 0.2) is 0 Å². The number of carbonyl (C=O) groups is 1. The van der Waals surface area contributed by atoms with Gasteiger partial charge in [-0.3, -0.25) is 4.79 Å². The zero-order valence-electron chi connectivity index (χ0n) is 11.4. The van der Waals surface area contributed by atoms with E-state index in [1.807, 2.05) is 27.7 Å². The van der Waals surface area contributed by atoms with Gasteiger partial charge in [0.05, 0.1) is 11.7 Å². The summed E-state index contributed by atoms with van der Waals surface area (Å²) in [5.74, 6) is -0.744. The lowest BCUT2D eigenvalue weighted by Gasteiger charge is -2.28. The molecule has 0 radical (unpaired) electrons. The highest BCUT2D eigenvalue weighted by molar-refractivity contribution is 5.79. The third-order valence-electron chi connectivity index (χ3n) is 3.11. The predicted molar refractivity (Wildman–Crippen MR) is 67.1 cm³/mol. The van der Waals surface area contributed by atoms with E-state index >= 15 is 0 Å². The Labute approximate surface area is 104 Å². The van der Waals surface area contributed by atoms with E-state index in [0.717, 1.165) is 19.4 Å². The standard InChI is InChI=1S/C13H25NO3/c1-5-8-14-13(11(15)16)7-6-10(9-13)17-12(2,3)4/h10,14H,5-9H2,1-4H3,(H,15,16). The lowest BCUT2D eigenvalue weighted by atomic mass is 9.97. The van der Waals surface area contributed by atoms with E-state index in [0.29, 0.717) is 12.8 Å². The maximum atomic E-state index is 11.4. The monoisotopic (exact) mass is 243 g/mol. The van der Waals surface area contributed by atoms with Crippen LogP contribution in [0.2, 0.25) is 0 Å². The van der Waals surface area contributed by atoms with E-state index in [1.165, 1.54) is 0 Å². The van der Waals surface area contributed by atoms with Gasteiger partial charge in [0.2, 0.25) is 0 Å². The quantitative estimate of drug-likeness (QED) is 0.777. The summed E-state index contributed by atoms with van der Waals surface area (Å²) >= 11 is 0. The predicted octanol–water partition coefficient (Wildman–Crippen LogP) is 2.18. The van der Waals surface area contributed by atoms with Crippen molar-refractivity contribution in [2.45, 2.75) is 70.6 Å². The number of rotatable bonds is 5. The van der Waals surface area contributed by atoms with E-state index in [1.54, 1.807) is 0 Å². The van der Waals surface area contributed by atoms with Gasteiger partial charge in [0.15, 0.2) is 0 Å². The molecule has 0 spiro atoms. The van der Waals surface area contributed by atoms with Gasteiger partial charge in [0.1, 0.15) is 5.54 Å². The summed E-state index contributed by atoms with van der Waals surface area (Å²) in [6.07, 6.45) is 3.04. The van der Waals surface area contributed by atoms with Gasteiger partial charge < -0.3 is 15.2 Å². The highest BCUT2D eigenvalue weighted by Crippen LogP contribution is 2.34. The molecule has 0 saturated heterocycles. The molecule has 17 heavy (non-hydrogen) atoms. The second-order valence-electron chi connectivity index (χ2n) is 5.91. The van der Waals surface area contributed by atoms with Gasteiger partial charge in [-0.15, -0.1) is 0 Å². The van der Waals surface area contributed by atoms with Gasteiger partial charge in [0.25, 0.3) is 0 Å². The van der Waals surface area contributed by atoms with Crippen molar-refractivity contribution in [3.05, 3.63) is 0 Å². The van der Waals surface area contributed by atoms with E-state index in [9.17, 15) is 9.90 Å².